The molecule has 1 saturated carbocycles. The molecule has 0 bridgehead atoms. The van der Waals surface area contributed by atoms with Crippen molar-refractivity contribution >= 4 is 40.8 Å². The first-order chi connectivity index (χ1) is 20.9. The van der Waals surface area contributed by atoms with Crippen LogP contribution in [-0.4, -0.2) is 64.9 Å². The third-order valence-corrected chi connectivity index (χ3v) is 10.6. The van der Waals surface area contributed by atoms with Gasteiger partial charge in [0, 0.05) is 83.4 Å². The van der Waals surface area contributed by atoms with Crippen molar-refractivity contribution in [1.29, 1.82) is 0 Å². The molecule has 1 saturated heterocycles. The molecule has 0 aromatic heterocycles. The lowest BCUT2D eigenvalue weighted by Gasteiger charge is -2.49. The summed E-state index contributed by atoms with van der Waals surface area (Å²) in [7, 11) is 0. The molecule has 1 aliphatic carbocycles. The molecular formula is C31H28ClF7N4OS. The predicted octanol–water partition coefficient (Wildman–Crippen LogP) is 7.97. The molecule has 1 amide bonds. The summed E-state index contributed by atoms with van der Waals surface area (Å²) in [5, 5.41) is -0.573. The van der Waals surface area contributed by atoms with Crippen molar-refractivity contribution in [2.75, 3.05) is 30.3 Å². The molecule has 2 atom stereocenters. The number of carbonyl (C=O) groups is 1. The summed E-state index contributed by atoms with van der Waals surface area (Å²) in [6, 6.07) is 1.40. The number of carbonyl (C=O) groups excluding carboxylic acids is 1. The van der Waals surface area contributed by atoms with Crippen molar-refractivity contribution in [3.63, 3.8) is 0 Å². The molecule has 0 N–H and O–H groups in total. The summed E-state index contributed by atoms with van der Waals surface area (Å²) < 4.78 is 103. The van der Waals surface area contributed by atoms with Crippen LogP contribution in [0.3, 0.4) is 0 Å². The first-order valence-electron chi connectivity index (χ1n) is 14.1. The fraction of sp³-hybridized carbons (Fsp3) is 0.419. The number of hydrogen-bond donors (Lipinski definition) is 0. The molecule has 1 spiro atoms. The third kappa shape index (κ3) is 5.29. The molecule has 3 heterocycles. The number of alkyl halides is 5. The van der Waals surface area contributed by atoms with Crippen LogP contribution < -0.4 is 4.90 Å². The van der Waals surface area contributed by atoms with Gasteiger partial charge in [0.05, 0.1) is 16.3 Å². The van der Waals surface area contributed by atoms with Gasteiger partial charge in [0.25, 0.3) is 0 Å². The Bertz CT molecular complexity index is 1660. The molecule has 240 valence electrons. The first-order valence-corrected chi connectivity index (χ1v) is 15.5. The second kappa shape index (κ2) is 10.7. The summed E-state index contributed by atoms with van der Waals surface area (Å²) in [5.74, 6) is -5.29. The van der Waals surface area contributed by atoms with Crippen LogP contribution >= 0.6 is 23.4 Å². The van der Waals surface area contributed by atoms with E-state index in [1.807, 2.05) is 0 Å². The molecule has 5 nitrogen and oxygen atoms in total. The van der Waals surface area contributed by atoms with E-state index in [0.717, 1.165) is 23.9 Å². The minimum absolute atomic E-state index is 0.0105. The van der Waals surface area contributed by atoms with Gasteiger partial charge < -0.3 is 14.7 Å². The lowest BCUT2D eigenvalue weighted by Crippen LogP contribution is -2.60. The van der Waals surface area contributed by atoms with Crippen molar-refractivity contribution < 1.29 is 35.5 Å². The van der Waals surface area contributed by atoms with E-state index in [1.165, 1.54) is 6.08 Å². The molecule has 2 aromatic carbocycles. The quantitative estimate of drug-likeness (QED) is 0.184. The third-order valence-electron chi connectivity index (χ3n) is 8.83. The van der Waals surface area contributed by atoms with Crippen LogP contribution in [-0.2, 0) is 11.0 Å². The maximum absolute atomic E-state index is 15.4. The summed E-state index contributed by atoms with van der Waals surface area (Å²) >= 11 is 6.88. The second-order valence-electron chi connectivity index (χ2n) is 12.3. The highest BCUT2D eigenvalue weighted by Gasteiger charge is 2.58. The molecule has 3 aliphatic heterocycles. The summed E-state index contributed by atoms with van der Waals surface area (Å²) in [6.07, 6.45) is -4.78. The number of rotatable bonds is 2. The Morgan fingerprint density at radius 3 is 2.31 bits per heavy atom. The average Bonchev–Trinajstić information content (AvgIpc) is 3.09. The predicted molar refractivity (Wildman–Crippen MR) is 160 cm³/mol. The van der Waals surface area contributed by atoms with Gasteiger partial charge in [0.1, 0.15) is 23.3 Å². The molecule has 2 fully saturated rings. The van der Waals surface area contributed by atoms with E-state index in [9.17, 15) is 31.1 Å². The highest BCUT2D eigenvalue weighted by molar-refractivity contribution is 7.99. The molecule has 45 heavy (non-hydrogen) atoms. The monoisotopic (exact) mass is 672 g/mol. The fourth-order valence-electron chi connectivity index (χ4n) is 7.12. The number of thioether (sulfide) groups is 1. The molecule has 6 rings (SSSR count). The summed E-state index contributed by atoms with van der Waals surface area (Å²) in [4.78, 5) is 22.1. The Kier molecular flexibility index (Phi) is 7.54. The zero-order valence-corrected chi connectivity index (χ0v) is 25.8. The Balaban J connectivity index is 1.59. The second-order valence-corrected chi connectivity index (χ2v) is 13.6. The van der Waals surface area contributed by atoms with Crippen molar-refractivity contribution in [3.8, 4) is 11.1 Å². The smallest absolute Gasteiger partial charge is 0.352 e. The van der Waals surface area contributed by atoms with Crippen LogP contribution in [0.25, 0.3) is 11.1 Å². The normalized spacial score (nSPS) is 23.7. The van der Waals surface area contributed by atoms with Crippen LogP contribution in [0.4, 0.5) is 36.4 Å². The van der Waals surface area contributed by atoms with Gasteiger partial charge in [-0.2, -0.15) is 13.2 Å². The lowest BCUT2D eigenvalue weighted by molar-refractivity contribution is -0.147. The van der Waals surface area contributed by atoms with Gasteiger partial charge in [-0.1, -0.05) is 24.8 Å². The standard InChI is InChI=1S/C31H28ClF7N4OS/c1-5-24(44)43-15(2)9-41(10-16(43)3)28-19-6-20(31(37,38)39)25(18-7-21(32)23(34)8-22(18)33)27-26(19)42(17(4)40-28)13-29(14-45-27)11-30(35,36)12-29/h5-8,15-16H,1,4,9-14H2,2-3H3/t15-,16+. The number of benzene rings is 2. The van der Waals surface area contributed by atoms with Crippen LogP contribution in [0.2, 0.25) is 5.02 Å². The number of amidine groups is 1. The number of aliphatic imine (C=N–C) groups is 1. The molecule has 14 heteroatoms. The zero-order valence-electron chi connectivity index (χ0n) is 24.3. The van der Waals surface area contributed by atoms with Crippen molar-refractivity contribution in [2.24, 2.45) is 10.4 Å². The van der Waals surface area contributed by atoms with Gasteiger partial charge >= 0.3 is 6.18 Å². The maximum atomic E-state index is 15.4. The van der Waals surface area contributed by atoms with E-state index in [4.69, 9.17) is 11.6 Å². The highest BCUT2D eigenvalue weighted by atomic mass is 35.5. The Morgan fingerprint density at radius 1 is 1.09 bits per heavy atom. The maximum Gasteiger partial charge on any atom is 0.417 e. The topological polar surface area (TPSA) is 39.2 Å². The lowest BCUT2D eigenvalue weighted by atomic mass is 9.67. The van der Waals surface area contributed by atoms with E-state index >= 15 is 4.39 Å². The van der Waals surface area contributed by atoms with E-state index in [0.29, 0.717) is 6.07 Å². The Labute approximate surface area is 264 Å². The van der Waals surface area contributed by atoms with Gasteiger partial charge in [-0.05, 0) is 32.1 Å². The zero-order chi connectivity index (χ0) is 32.8. The van der Waals surface area contributed by atoms with Gasteiger partial charge in [-0.15, -0.1) is 11.8 Å². The Morgan fingerprint density at radius 2 is 1.73 bits per heavy atom. The molecule has 0 radical (unpaired) electrons. The molecular weight excluding hydrogens is 645 g/mol. The van der Waals surface area contributed by atoms with Gasteiger partial charge in [-0.3, -0.25) is 4.79 Å². The van der Waals surface area contributed by atoms with Crippen LogP contribution in [0, 0.1) is 17.0 Å². The number of piperazine rings is 1. The van der Waals surface area contributed by atoms with E-state index in [-0.39, 0.29) is 71.2 Å². The number of nitrogens with zero attached hydrogens (tertiary/aromatic N) is 4. The number of amides is 1. The molecule has 2 aromatic rings. The average molecular weight is 673 g/mol. The van der Waals surface area contributed by atoms with Gasteiger partial charge in [0.15, 0.2) is 0 Å². The Hall–Kier alpha value is -3.19. The fourth-order valence-corrected chi connectivity index (χ4v) is 8.75. The summed E-state index contributed by atoms with van der Waals surface area (Å²) in [5.41, 5.74) is -3.01. The van der Waals surface area contributed by atoms with E-state index in [2.05, 4.69) is 18.2 Å². The molecule has 0 unspecified atom stereocenters. The minimum Gasteiger partial charge on any atom is -0.352 e. The number of anilines is 1. The number of halogens is 8. The van der Waals surface area contributed by atoms with Crippen molar-refractivity contribution in [2.45, 2.75) is 55.8 Å². The number of hydrogen-bond acceptors (Lipinski definition) is 5. The van der Waals surface area contributed by atoms with Crippen molar-refractivity contribution in [3.05, 3.63) is 71.0 Å². The summed E-state index contributed by atoms with van der Waals surface area (Å²) in [6.45, 7) is 11.7. The largest absolute Gasteiger partial charge is 0.417 e. The van der Waals surface area contributed by atoms with Crippen LogP contribution in [0.1, 0.15) is 37.8 Å². The highest BCUT2D eigenvalue weighted by Crippen LogP contribution is 2.60. The first kappa shape index (κ1) is 31.8. The van der Waals surface area contributed by atoms with E-state index in [1.54, 1.807) is 28.5 Å². The van der Waals surface area contributed by atoms with Gasteiger partial charge in [0.2, 0.25) is 11.8 Å². The van der Waals surface area contributed by atoms with Crippen LogP contribution in [0.5, 0.6) is 0 Å². The van der Waals surface area contributed by atoms with Crippen molar-refractivity contribution in [1.82, 2.24) is 9.80 Å². The SMILES string of the molecule is C=CC(=O)N1[C@H](C)CN(C2=NC(=C)N3CC4(CSc5c(-c6cc(Cl)c(F)cc6F)c(C(F)(F)F)cc2c53)CC(F)(F)C4)C[C@@H]1C. The van der Waals surface area contributed by atoms with E-state index < -0.39 is 63.7 Å². The van der Waals surface area contributed by atoms with Gasteiger partial charge in [-0.25, -0.2) is 22.6 Å². The minimum atomic E-state index is -5.01. The van der Waals surface area contributed by atoms with Crippen LogP contribution in [0.15, 0.2) is 53.1 Å². The molecule has 4 aliphatic rings.